The SMILES string of the molecule is CSCC(C)(O)Cc1ccc(Cl)c(C)c1. The first-order chi connectivity index (χ1) is 6.94. The van der Waals surface area contributed by atoms with Crippen molar-refractivity contribution in [3.63, 3.8) is 0 Å². The fourth-order valence-corrected chi connectivity index (χ4v) is 2.46. The molecule has 0 saturated heterocycles. The van der Waals surface area contributed by atoms with Crippen LogP contribution in [-0.2, 0) is 6.42 Å². The molecule has 0 spiro atoms. The Morgan fingerprint density at radius 3 is 2.67 bits per heavy atom. The monoisotopic (exact) mass is 244 g/mol. The van der Waals surface area contributed by atoms with Crippen LogP contribution in [-0.4, -0.2) is 22.7 Å². The van der Waals surface area contributed by atoms with Crippen LogP contribution in [0, 0.1) is 6.92 Å². The smallest absolute Gasteiger partial charge is 0.0749 e. The molecule has 0 amide bonds. The Labute approximate surface area is 101 Å². The molecule has 0 radical (unpaired) electrons. The molecule has 1 nitrogen and oxygen atoms in total. The Kier molecular flexibility index (Phi) is 4.50. The zero-order valence-electron chi connectivity index (χ0n) is 9.38. The summed E-state index contributed by atoms with van der Waals surface area (Å²) in [7, 11) is 0. The molecule has 1 aromatic rings. The molecule has 0 aliphatic carbocycles. The summed E-state index contributed by atoms with van der Waals surface area (Å²) in [5.41, 5.74) is 1.56. The number of thioether (sulfide) groups is 1. The molecule has 3 heteroatoms. The molecule has 0 aromatic heterocycles. The Morgan fingerprint density at radius 1 is 1.47 bits per heavy atom. The van der Waals surface area contributed by atoms with E-state index in [1.807, 2.05) is 38.3 Å². The van der Waals surface area contributed by atoms with Crippen molar-refractivity contribution in [2.75, 3.05) is 12.0 Å². The second-order valence-electron chi connectivity index (χ2n) is 4.19. The van der Waals surface area contributed by atoms with Gasteiger partial charge < -0.3 is 5.11 Å². The van der Waals surface area contributed by atoms with E-state index in [0.29, 0.717) is 6.42 Å². The minimum atomic E-state index is -0.639. The maximum Gasteiger partial charge on any atom is 0.0749 e. The van der Waals surface area contributed by atoms with Crippen molar-refractivity contribution in [3.05, 3.63) is 34.3 Å². The molecule has 1 unspecified atom stereocenters. The maximum atomic E-state index is 10.1. The van der Waals surface area contributed by atoms with Crippen LogP contribution >= 0.6 is 23.4 Å². The topological polar surface area (TPSA) is 20.2 Å². The molecular weight excluding hydrogens is 228 g/mol. The van der Waals surface area contributed by atoms with Gasteiger partial charge in [0.05, 0.1) is 5.60 Å². The van der Waals surface area contributed by atoms with Gasteiger partial charge in [0.15, 0.2) is 0 Å². The predicted octanol–water partition coefficient (Wildman–Crippen LogP) is 3.30. The number of rotatable bonds is 4. The van der Waals surface area contributed by atoms with E-state index in [-0.39, 0.29) is 0 Å². The molecule has 1 atom stereocenters. The normalized spacial score (nSPS) is 15.0. The van der Waals surface area contributed by atoms with Gasteiger partial charge in [0.1, 0.15) is 0 Å². The quantitative estimate of drug-likeness (QED) is 0.877. The predicted molar refractivity (Wildman–Crippen MR) is 68.9 cm³/mol. The highest BCUT2D eigenvalue weighted by molar-refractivity contribution is 7.98. The first-order valence-electron chi connectivity index (χ1n) is 4.91. The van der Waals surface area contributed by atoms with Crippen LogP contribution in [0.5, 0.6) is 0 Å². The number of aryl methyl sites for hydroxylation is 1. The second-order valence-corrected chi connectivity index (χ2v) is 5.46. The summed E-state index contributed by atoms with van der Waals surface area (Å²) in [5.74, 6) is 0.745. The molecule has 0 heterocycles. The van der Waals surface area contributed by atoms with E-state index >= 15 is 0 Å². The summed E-state index contributed by atoms with van der Waals surface area (Å²) in [6, 6.07) is 5.91. The lowest BCUT2D eigenvalue weighted by atomic mass is 9.97. The number of hydrogen-bond donors (Lipinski definition) is 1. The van der Waals surface area contributed by atoms with Crippen LogP contribution in [0.1, 0.15) is 18.1 Å². The summed E-state index contributed by atoms with van der Waals surface area (Å²) in [6.07, 6.45) is 2.67. The van der Waals surface area contributed by atoms with Gasteiger partial charge in [-0.25, -0.2) is 0 Å². The van der Waals surface area contributed by atoms with Crippen molar-refractivity contribution in [3.8, 4) is 0 Å². The van der Waals surface area contributed by atoms with Gasteiger partial charge in [-0.3, -0.25) is 0 Å². The molecule has 1 N–H and O–H groups in total. The fraction of sp³-hybridized carbons (Fsp3) is 0.500. The summed E-state index contributed by atoms with van der Waals surface area (Å²) in [5, 5.41) is 10.9. The van der Waals surface area contributed by atoms with Crippen molar-refractivity contribution in [1.82, 2.24) is 0 Å². The van der Waals surface area contributed by atoms with E-state index in [4.69, 9.17) is 11.6 Å². The molecule has 0 saturated carbocycles. The average molecular weight is 245 g/mol. The Bertz CT molecular complexity index is 336. The number of hydrogen-bond acceptors (Lipinski definition) is 2. The molecule has 84 valence electrons. The van der Waals surface area contributed by atoms with Gasteiger partial charge in [0.25, 0.3) is 0 Å². The summed E-state index contributed by atoms with van der Waals surface area (Å²) in [6.45, 7) is 3.85. The van der Waals surface area contributed by atoms with Gasteiger partial charge in [0, 0.05) is 17.2 Å². The lowest BCUT2D eigenvalue weighted by Gasteiger charge is -2.22. The molecule has 15 heavy (non-hydrogen) atoms. The van der Waals surface area contributed by atoms with E-state index in [1.54, 1.807) is 11.8 Å². The van der Waals surface area contributed by atoms with Crippen molar-refractivity contribution in [2.45, 2.75) is 25.9 Å². The van der Waals surface area contributed by atoms with Crippen LogP contribution in [0.25, 0.3) is 0 Å². The third-order valence-electron chi connectivity index (χ3n) is 2.26. The number of aliphatic hydroxyl groups is 1. The lowest BCUT2D eigenvalue weighted by molar-refractivity contribution is 0.0862. The van der Waals surface area contributed by atoms with E-state index in [1.165, 1.54) is 0 Å². The van der Waals surface area contributed by atoms with Crippen molar-refractivity contribution >= 4 is 23.4 Å². The van der Waals surface area contributed by atoms with E-state index < -0.39 is 5.60 Å². The van der Waals surface area contributed by atoms with Crippen molar-refractivity contribution < 1.29 is 5.11 Å². The van der Waals surface area contributed by atoms with Gasteiger partial charge in [-0.15, -0.1) is 0 Å². The molecule has 1 rings (SSSR count). The third kappa shape index (κ3) is 4.06. The van der Waals surface area contributed by atoms with Crippen LogP contribution in [0.3, 0.4) is 0 Å². The van der Waals surface area contributed by atoms with E-state index in [2.05, 4.69) is 0 Å². The summed E-state index contributed by atoms with van der Waals surface area (Å²) >= 11 is 7.61. The summed E-state index contributed by atoms with van der Waals surface area (Å²) in [4.78, 5) is 0. The largest absolute Gasteiger partial charge is 0.389 e. The first kappa shape index (κ1) is 12.9. The van der Waals surface area contributed by atoms with Gasteiger partial charge in [-0.1, -0.05) is 23.7 Å². The zero-order chi connectivity index (χ0) is 11.5. The summed E-state index contributed by atoms with van der Waals surface area (Å²) < 4.78 is 0. The van der Waals surface area contributed by atoms with Crippen molar-refractivity contribution in [2.24, 2.45) is 0 Å². The van der Waals surface area contributed by atoms with Gasteiger partial charge in [0.2, 0.25) is 0 Å². The Hall–Kier alpha value is -0.180. The number of halogens is 1. The fourth-order valence-electron chi connectivity index (χ4n) is 1.62. The highest BCUT2D eigenvalue weighted by atomic mass is 35.5. The molecular formula is C12H17ClOS. The van der Waals surface area contributed by atoms with Gasteiger partial charge in [-0.05, 0) is 37.3 Å². The number of benzene rings is 1. The molecule has 1 aromatic carbocycles. The maximum absolute atomic E-state index is 10.1. The van der Waals surface area contributed by atoms with Crippen LogP contribution in [0.15, 0.2) is 18.2 Å². The van der Waals surface area contributed by atoms with Crippen LogP contribution in [0.4, 0.5) is 0 Å². The van der Waals surface area contributed by atoms with Crippen LogP contribution in [0.2, 0.25) is 5.02 Å². The molecule has 0 aliphatic heterocycles. The zero-order valence-corrected chi connectivity index (χ0v) is 11.0. The minimum absolute atomic E-state index is 0.639. The molecule has 0 bridgehead atoms. The average Bonchev–Trinajstić information content (AvgIpc) is 2.10. The second kappa shape index (κ2) is 5.24. The standard InChI is InChI=1S/C12H17ClOS/c1-9-6-10(4-5-11(9)13)7-12(2,14)8-15-3/h4-6,14H,7-8H2,1-3H3. The third-order valence-corrected chi connectivity index (χ3v) is 3.60. The van der Waals surface area contributed by atoms with Crippen LogP contribution < -0.4 is 0 Å². The van der Waals surface area contributed by atoms with Crippen molar-refractivity contribution in [1.29, 1.82) is 0 Å². The highest BCUT2D eigenvalue weighted by Crippen LogP contribution is 2.21. The lowest BCUT2D eigenvalue weighted by Crippen LogP contribution is -2.30. The first-order valence-corrected chi connectivity index (χ1v) is 6.68. The van der Waals surface area contributed by atoms with E-state index in [9.17, 15) is 5.11 Å². The Balaban J connectivity index is 2.76. The van der Waals surface area contributed by atoms with E-state index in [0.717, 1.165) is 21.9 Å². The molecule has 0 aliphatic rings. The highest BCUT2D eigenvalue weighted by Gasteiger charge is 2.20. The Morgan fingerprint density at radius 2 is 2.13 bits per heavy atom. The van der Waals surface area contributed by atoms with Gasteiger partial charge >= 0.3 is 0 Å². The molecule has 0 fully saturated rings. The minimum Gasteiger partial charge on any atom is -0.389 e. The van der Waals surface area contributed by atoms with Gasteiger partial charge in [-0.2, -0.15) is 11.8 Å².